The SMILES string of the molecule is COCc1cc(C)cn2cc(C(=O)N3CC[C@]4(Cc5ccccc5CN4)[C@H](O)C3)nc12. The van der Waals surface area contributed by atoms with Crippen LogP contribution in [0.25, 0.3) is 5.65 Å². The monoisotopic (exact) mass is 420 g/mol. The minimum atomic E-state index is -0.637. The molecule has 2 atom stereocenters. The fourth-order valence-corrected chi connectivity index (χ4v) is 5.00. The zero-order valence-electron chi connectivity index (χ0n) is 18.0. The number of likely N-dealkylation sites (tertiary alicyclic amines) is 1. The Balaban J connectivity index is 1.36. The van der Waals surface area contributed by atoms with Crippen molar-refractivity contribution in [3.63, 3.8) is 0 Å². The van der Waals surface area contributed by atoms with Crippen LogP contribution in [-0.2, 0) is 24.3 Å². The van der Waals surface area contributed by atoms with Gasteiger partial charge in [-0.3, -0.25) is 4.79 Å². The molecule has 5 rings (SSSR count). The van der Waals surface area contributed by atoms with Gasteiger partial charge in [0.15, 0.2) is 0 Å². The van der Waals surface area contributed by atoms with Gasteiger partial charge in [-0.15, -0.1) is 0 Å². The van der Waals surface area contributed by atoms with Gasteiger partial charge in [-0.1, -0.05) is 24.3 Å². The molecule has 0 saturated carbocycles. The molecule has 4 heterocycles. The number of carbonyl (C=O) groups is 1. The first-order chi connectivity index (χ1) is 15.0. The van der Waals surface area contributed by atoms with Crippen molar-refractivity contribution >= 4 is 11.6 Å². The van der Waals surface area contributed by atoms with E-state index >= 15 is 0 Å². The maximum absolute atomic E-state index is 13.2. The normalized spacial score (nSPS) is 23.3. The summed E-state index contributed by atoms with van der Waals surface area (Å²) < 4.78 is 7.18. The van der Waals surface area contributed by atoms with Crippen LogP contribution in [0.3, 0.4) is 0 Å². The number of piperidine rings is 1. The van der Waals surface area contributed by atoms with Crippen molar-refractivity contribution in [1.82, 2.24) is 19.6 Å². The highest BCUT2D eigenvalue weighted by Crippen LogP contribution is 2.32. The molecule has 0 aliphatic carbocycles. The van der Waals surface area contributed by atoms with Crippen molar-refractivity contribution in [2.45, 2.75) is 44.6 Å². The Bertz CT molecular complexity index is 1140. The number of rotatable bonds is 3. The Morgan fingerprint density at radius 1 is 1.32 bits per heavy atom. The van der Waals surface area contributed by atoms with E-state index in [9.17, 15) is 9.90 Å². The second-order valence-electron chi connectivity index (χ2n) is 8.80. The van der Waals surface area contributed by atoms with Crippen molar-refractivity contribution in [2.24, 2.45) is 0 Å². The highest BCUT2D eigenvalue weighted by atomic mass is 16.5. The average molecular weight is 421 g/mol. The van der Waals surface area contributed by atoms with E-state index < -0.39 is 6.10 Å². The number of amides is 1. The number of pyridine rings is 1. The van der Waals surface area contributed by atoms with E-state index in [1.807, 2.05) is 35.7 Å². The molecule has 7 heteroatoms. The number of aliphatic hydroxyl groups excluding tert-OH is 1. The number of hydrogen-bond donors (Lipinski definition) is 2. The first-order valence-corrected chi connectivity index (χ1v) is 10.8. The first kappa shape index (κ1) is 20.2. The topological polar surface area (TPSA) is 79.1 Å². The molecule has 1 saturated heterocycles. The zero-order chi connectivity index (χ0) is 21.6. The smallest absolute Gasteiger partial charge is 0.274 e. The number of ether oxygens (including phenoxy) is 1. The van der Waals surface area contributed by atoms with E-state index in [0.717, 1.165) is 29.7 Å². The maximum atomic E-state index is 13.2. The Kier molecular flexibility index (Phi) is 5.04. The molecule has 7 nitrogen and oxygen atoms in total. The van der Waals surface area contributed by atoms with Gasteiger partial charge in [0.2, 0.25) is 0 Å². The van der Waals surface area contributed by atoms with Gasteiger partial charge in [-0.25, -0.2) is 4.98 Å². The van der Waals surface area contributed by atoms with Crippen molar-refractivity contribution in [3.05, 3.63) is 70.7 Å². The summed E-state index contributed by atoms with van der Waals surface area (Å²) in [4.78, 5) is 19.6. The number of benzene rings is 1. The van der Waals surface area contributed by atoms with Gasteiger partial charge in [0.05, 0.1) is 18.2 Å². The molecule has 0 bridgehead atoms. The van der Waals surface area contributed by atoms with Crippen LogP contribution in [0.15, 0.2) is 42.7 Å². The molecule has 1 amide bonds. The third-order valence-corrected chi connectivity index (χ3v) is 6.68. The van der Waals surface area contributed by atoms with Crippen LogP contribution in [0, 0.1) is 6.92 Å². The summed E-state index contributed by atoms with van der Waals surface area (Å²) in [6, 6.07) is 10.4. The summed E-state index contributed by atoms with van der Waals surface area (Å²) in [6.45, 7) is 4.08. The molecule has 2 aromatic heterocycles. The maximum Gasteiger partial charge on any atom is 0.274 e. The van der Waals surface area contributed by atoms with Crippen LogP contribution in [-0.4, -0.2) is 57.1 Å². The van der Waals surface area contributed by atoms with E-state index in [2.05, 4.69) is 22.4 Å². The zero-order valence-corrected chi connectivity index (χ0v) is 18.0. The number of imidazole rings is 1. The van der Waals surface area contributed by atoms with Crippen LogP contribution < -0.4 is 5.32 Å². The van der Waals surface area contributed by atoms with Crippen LogP contribution in [0.5, 0.6) is 0 Å². The van der Waals surface area contributed by atoms with E-state index in [1.54, 1.807) is 18.2 Å². The van der Waals surface area contributed by atoms with Crippen LogP contribution in [0.1, 0.15) is 39.2 Å². The second-order valence-corrected chi connectivity index (χ2v) is 8.80. The fourth-order valence-electron chi connectivity index (χ4n) is 5.00. The molecule has 1 fully saturated rings. The lowest BCUT2D eigenvalue weighted by Gasteiger charge is -2.48. The van der Waals surface area contributed by atoms with Gasteiger partial charge in [0.25, 0.3) is 5.91 Å². The van der Waals surface area contributed by atoms with E-state index in [4.69, 9.17) is 4.74 Å². The minimum absolute atomic E-state index is 0.144. The number of fused-ring (bicyclic) bond motifs is 2. The number of nitrogens with zero attached hydrogens (tertiary/aromatic N) is 3. The van der Waals surface area contributed by atoms with Gasteiger partial charge in [-0.2, -0.15) is 0 Å². The van der Waals surface area contributed by atoms with Crippen molar-refractivity contribution in [1.29, 1.82) is 0 Å². The molecule has 3 aromatic rings. The van der Waals surface area contributed by atoms with Gasteiger partial charge < -0.3 is 24.5 Å². The molecule has 1 aromatic carbocycles. The third kappa shape index (κ3) is 3.52. The van der Waals surface area contributed by atoms with E-state index in [1.165, 1.54) is 11.1 Å². The molecule has 2 aliphatic rings. The fraction of sp³-hybridized carbons (Fsp3) is 0.417. The van der Waals surface area contributed by atoms with Crippen LogP contribution in [0.2, 0.25) is 0 Å². The molecular formula is C24H28N4O3. The Morgan fingerprint density at radius 2 is 2.13 bits per heavy atom. The van der Waals surface area contributed by atoms with Crippen LogP contribution in [0.4, 0.5) is 0 Å². The number of aryl methyl sites for hydroxylation is 1. The van der Waals surface area contributed by atoms with Gasteiger partial charge in [0.1, 0.15) is 11.3 Å². The van der Waals surface area contributed by atoms with E-state index in [0.29, 0.717) is 31.8 Å². The Labute approximate surface area is 181 Å². The lowest BCUT2D eigenvalue weighted by Crippen LogP contribution is -2.65. The number of hydrogen-bond acceptors (Lipinski definition) is 5. The van der Waals surface area contributed by atoms with Crippen molar-refractivity contribution in [3.8, 4) is 0 Å². The molecule has 1 spiro atoms. The third-order valence-electron chi connectivity index (χ3n) is 6.68. The lowest BCUT2D eigenvalue weighted by molar-refractivity contribution is -0.0140. The molecule has 31 heavy (non-hydrogen) atoms. The first-order valence-electron chi connectivity index (χ1n) is 10.8. The standard InChI is InChI=1S/C24H28N4O3/c1-16-9-19(15-31-2)22-26-20(13-28(22)12-16)23(30)27-8-7-24(21(29)14-27)10-17-5-3-4-6-18(17)11-25-24/h3-6,9,12-13,21,25,29H,7-8,10-11,14-15H2,1-2H3/t21-,24+/m1/s1. The van der Waals surface area contributed by atoms with Gasteiger partial charge >= 0.3 is 0 Å². The summed E-state index contributed by atoms with van der Waals surface area (Å²) in [7, 11) is 1.65. The molecule has 0 unspecified atom stereocenters. The van der Waals surface area contributed by atoms with Crippen molar-refractivity contribution < 1.29 is 14.6 Å². The summed E-state index contributed by atoms with van der Waals surface area (Å²) in [6.07, 6.45) is 4.58. The summed E-state index contributed by atoms with van der Waals surface area (Å²) in [5, 5.41) is 14.6. The minimum Gasteiger partial charge on any atom is -0.389 e. The Morgan fingerprint density at radius 3 is 2.90 bits per heavy atom. The Hall–Kier alpha value is -2.74. The largest absolute Gasteiger partial charge is 0.389 e. The lowest BCUT2D eigenvalue weighted by atomic mass is 9.76. The van der Waals surface area contributed by atoms with Gasteiger partial charge in [-0.05, 0) is 42.5 Å². The number of aliphatic hydroxyl groups is 1. The summed E-state index contributed by atoms with van der Waals surface area (Å²) in [5.74, 6) is -0.144. The number of nitrogens with one attached hydrogen (secondary N) is 1. The molecular weight excluding hydrogens is 392 g/mol. The molecule has 162 valence electrons. The highest BCUT2D eigenvalue weighted by Gasteiger charge is 2.45. The predicted molar refractivity (Wildman–Crippen MR) is 117 cm³/mol. The molecule has 0 radical (unpaired) electrons. The molecule has 2 aliphatic heterocycles. The highest BCUT2D eigenvalue weighted by molar-refractivity contribution is 5.93. The number of carbonyl (C=O) groups excluding carboxylic acids is 1. The number of aromatic nitrogens is 2. The predicted octanol–water partition coefficient (Wildman–Crippen LogP) is 2.08. The summed E-state index contributed by atoms with van der Waals surface area (Å²) >= 11 is 0. The second kappa shape index (κ2) is 7.75. The van der Waals surface area contributed by atoms with Gasteiger partial charge in [0, 0.05) is 44.7 Å². The average Bonchev–Trinajstić information content (AvgIpc) is 3.19. The van der Waals surface area contributed by atoms with Crippen molar-refractivity contribution in [2.75, 3.05) is 20.2 Å². The van der Waals surface area contributed by atoms with Crippen LogP contribution >= 0.6 is 0 Å². The summed E-state index contributed by atoms with van der Waals surface area (Å²) in [5.41, 5.74) is 5.34. The molecule has 2 N–H and O–H groups in total. The number of methoxy groups -OCH3 is 1. The van der Waals surface area contributed by atoms with E-state index in [-0.39, 0.29) is 11.4 Å². The number of β-amino-alcohol motifs (C(OH)–C–C–N with tert-alkyl or cyclic N) is 1. The quantitative estimate of drug-likeness (QED) is 0.678.